The number of nitrogens with two attached hydrogens (primary N) is 1. The number of thiophene rings is 1. The van der Waals surface area contributed by atoms with E-state index in [4.69, 9.17) is 5.73 Å². The number of hydrogen-bond donors (Lipinski definition) is 1. The zero-order chi connectivity index (χ0) is 12.4. The minimum atomic E-state index is 0.0160. The number of nitrogen functional groups attached to an aromatic ring is 1. The monoisotopic (exact) mass is 246 g/mol. The quantitative estimate of drug-likeness (QED) is 0.828. The Morgan fingerprint density at radius 2 is 1.88 bits per heavy atom. The van der Waals surface area contributed by atoms with Gasteiger partial charge in [-0.2, -0.15) is 0 Å². The lowest BCUT2D eigenvalue weighted by molar-refractivity contribution is 0.0996. The summed E-state index contributed by atoms with van der Waals surface area (Å²) in [6, 6.07) is 9.22. The first-order valence-corrected chi connectivity index (χ1v) is 6.15. The average molecular weight is 246 g/mol. The summed E-state index contributed by atoms with van der Waals surface area (Å²) in [6.07, 6.45) is 0. The Morgan fingerprint density at radius 3 is 2.41 bits per heavy atom. The van der Waals surface area contributed by atoms with Crippen LogP contribution in [0.1, 0.15) is 15.2 Å². The molecule has 0 saturated heterocycles. The van der Waals surface area contributed by atoms with Crippen LogP contribution in [-0.4, -0.2) is 13.0 Å². The van der Waals surface area contributed by atoms with Gasteiger partial charge in [0.2, 0.25) is 0 Å². The number of carbonyl (C=O) groups excluding carboxylic acids is 1. The molecule has 2 aromatic rings. The van der Waals surface area contributed by atoms with Crippen molar-refractivity contribution in [2.75, 3.05) is 17.7 Å². The van der Waals surface area contributed by atoms with Gasteiger partial charge >= 0.3 is 0 Å². The molecule has 3 nitrogen and oxygen atoms in total. The first kappa shape index (κ1) is 11.7. The van der Waals surface area contributed by atoms with E-state index in [2.05, 4.69) is 0 Å². The average Bonchev–Trinajstić information content (AvgIpc) is 2.74. The first-order valence-electron chi connectivity index (χ1n) is 5.27. The van der Waals surface area contributed by atoms with Crippen LogP contribution in [0.4, 0.5) is 11.4 Å². The molecule has 1 aromatic heterocycles. The number of hydrogen-bond acceptors (Lipinski definition) is 3. The van der Waals surface area contributed by atoms with Crippen LogP contribution in [0, 0.1) is 6.92 Å². The molecule has 0 aliphatic rings. The molecule has 1 heterocycles. The lowest BCUT2D eigenvalue weighted by atomic mass is 10.2. The van der Waals surface area contributed by atoms with Crippen molar-refractivity contribution in [2.24, 2.45) is 0 Å². The summed E-state index contributed by atoms with van der Waals surface area (Å²) in [5.74, 6) is 0.0160. The minimum absolute atomic E-state index is 0.0160. The molecule has 0 saturated carbocycles. The van der Waals surface area contributed by atoms with Crippen LogP contribution < -0.4 is 10.6 Å². The van der Waals surface area contributed by atoms with Crippen molar-refractivity contribution in [3.8, 4) is 0 Å². The summed E-state index contributed by atoms with van der Waals surface area (Å²) < 4.78 is 0. The maximum Gasteiger partial charge on any atom is 0.268 e. The molecule has 0 atom stereocenters. The highest BCUT2D eigenvalue weighted by Gasteiger charge is 2.16. The molecule has 1 aromatic carbocycles. The van der Waals surface area contributed by atoms with Gasteiger partial charge in [-0.25, -0.2) is 0 Å². The number of rotatable bonds is 2. The lowest BCUT2D eigenvalue weighted by Crippen LogP contribution is -2.25. The highest BCUT2D eigenvalue weighted by Crippen LogP contribution is 2.22. The predicted octanol–water partition coefficient (Wildman–Crippen LogP) is 2.92. The van der Waals surface area contributed by atoms with Crippen LogP contribution in [-0.2, 0) is 0 Å². The van der Waals surface area contributed by atoms with Crippen LogP contribution in [0.2, 0.25) is 0 Å². The number of anilines is 2. The lowest BCUT2D eigenvalue weighted by Gasteiger charge is -2.17. The van der Waals surface area contributed by atoms with Crippen molar-refractivity contribution in [1.29, 1.82) is 0 Å². The van der Waals surface area contributed by atoms with Crippen molar-refractivity contribution >= 4 is 28.6 Å². The fourth-order valence-electron chi connectivity index (χ4n) is 1.56. The van der Waals surface area contributed by atoms with E-state index in [-0.39, 0.29) is 5.91 Å². The summed E-state index contributed by atoms with van der Waals surface area (Å²) >= 11 is 1.47. The molecule has 17 heavy (non-hydrogen) atoms. The Bertz CT molecular complexity index is 531. The number of carbonyl (C=O) groups is 1. The Hall–Kier alpha value is -1.81. The van der Waals surface area contributed by atoms with Crippen LogP contribution in [0.15, 0.2) is 35.7 Å². The summed E-state index contributed by atoms with van der Waals surface area (Å²) in [6.45, 7) is 1.94. The van der Waals surface area contributed by atoms with E-state index < -0.39 is 0 Å². The van der Waals surface area contributed by atoms with Gasteiger partial charge in [-0.05, 0) is 48.2 Å². The third-order valence-electron chi connectivity index (χ3n) is 2.64. The van der Waals surface area contributed by atoms with E-state index >= 15 is 0 Å². The van der Waals surface area contributed by atoms with E-state index in [9.17, 15) is 4.79 Å². The summed E-state index contributed by atoms with van der Waals surface area (Å²) in [4.78, 5) is 14.6. The third kappa shape index (κ3) is 2.31. The Balaban J connectivity index is 2.26. The molecule has 2 N–H and O–H groups in total. The molecule has 2 rings (SSSR count). The smallest absolute Gasteiger partial charge is 0.268 e. The summed E-state index contributed by atoms with van der Waals surface area (Å²) in [5.41, 5.74) is 8.18. The number of aryl methyl sites for hydroxylation is 1. The van der Waals surface area contributed by atoms with Crippen LogP contribution in [0.5, 0.6) is 0 Å². The van der Waals surface area contributed by atoms with Crippen molar-refractivity contribution in [3.63, 3.8) is 0 Å². The second-order valence-corrected chi connectivity index (χ2v) is 4.80. The fourth-order valence-corrected chi connectivity index (χ4v) is 2.46. The zero-order valence-electron chi connectivity index (χ0n) is 9.81. The summed E-state index contributed by atoms with van der Waals surface area (Å²) in [5, 5.41) is 1.93. The van der Waals surface area contributed by atoms with Crippen molar-refractivity contribution in [1.82, 2.24) is 0 Å². The van der Waals surface area contributed by atoms with Crippen molar-refractivity contribution in [3.05, 3.63) is 46.2 Å². The van der Waals surface area contributed by atoms with Gasteiger partial charge in [-0.1, -0.05) is 0 Å². The van der Waals surface area contributed by atoms with Gasteiger partial charge in [0.15, 0.2) is 0 Å². The molecule has 0 aliphatic heterocycles. The first-order chi connectivity index (χ1) is 8.09. The Morgan fingerprint density at radius 1 is 1.24 bits per heavy atom. The molecule has 0 bridgehead atoms. The SMILES string of the molecule is Cc1ccsc1C(=O)N(C)c1ccc(N)cc1. The van der Waals surface area contributed by atoms with Crippen LogP contribution >= 0.6 is 11.3 Å². The van der Waals surface area contributed by atoms with Gasteiger partial charge in [-0.15, -0.1) is 11.3 Å². The van der Waals surface area contributed by atoms with Crippen molar-refractivity contribution < 1.29 is 4.79 Å². The molecule has 0 fully saturated rings. The number of amides is 1. The van der Waals surface area contributed by atoms with E-state index in [1.807, 2.05) is 30.5 Å². The molecular weight excluding hydrogens is 232 g/mol. The van der Waals surface area contributed by atoms with Gasteiger partial charge in [0.05, 0.1) is 4.88 Å². The third-order valence-corrected chi connectivity index (χ3v) is 3.65. The molecule has 0 unspecified atom stereocenters. The predicted molar refractivity (Wildman–Crippen MR) is 72.6 cm³/mol. The Kier molecular flexibility index (Phi) is 3.15. The molecular formula is C13H14N2OS. The standard InChI is InChI=1S/C13H14N2OS/c1-9-7-8-17-12(9)13(16)15(2)11-5-3-10(14)4-6-11/h3-8H,14H2,1-2H3. The molecule has 0 radical (unpaired) electrons. The van der Waals surface area contributed by atoms with E-state index in [1.165, 1.54) is 11.3 Å². The normalized spacial score (nSPS) is 10.2. The zero-order valence-corrected chi connectivity index (χ0v) is 10.6. The molecule has 4 heteroatoms. The molecule has 0 aliphatic carbocycles. The molecule has 1 amide bonds. The van der Waals surface area contributed by atoms with Gasteiger partial charge in [0, 0.05) is 18.4 Å². The van der Waals surface area contributed by atoms with Crippen LogP contribution in [0.3, 0.4) is 0 Å². The van der Waals surface area contributed by atoms with E-state index in [0.29, 0.717) is 5.69 Å². The minimum Gasteiger partial charge on any atom is -0.399 e. The van der Waals surface area contributed by atoms with E-state index in [0.717, 1.165) is 16.1 Å². The Labute approximate surface area is 104 Å². The van der Waals surface area contributed by atoms with Crippen molar-refractivity contribution in [2.45, 2.75) is 6.92 Å². The van der Waals surface area contributed by atoms with Gasteiger partial charge in [0.1, 0.15) is 0 Å². The van der Waals surface area contributed by atoms with E-state index in [1.54, 1.807) is 24.1 Å². The van der Waals surface area contributed by atoms with Gasteiger partial charge < -0.3 is 10.6 Å². The largest absolute Gasteiger partial charge is 0.399 e. The van der Waals surface area contributed by atoms with Crippen LogP contribution in [0.25, 0.3) is 0 Å². The second-order valence-electron chi connectivity index (χ2n) is 3.89. The maximum absolute atomic E-state index is 12.2. The second kappa shape index (κ2) is 4.59. The number of benzene rings is 1. The topological polar surface area (TPSA) is 46.3 Å². The summed E-state index contributed by atoms with van der Waals surface area (Å²) in [7, 11) is 1.77. The maximum atomic E-state index is 12.2. The van der Waals surface area contributed by atoms with Gasteiger partial charge in [-0.3, -0.25) is 4.79 Å². The van der Waals surface area contributed by atoms with Gasteiger partial charge in [0.25, 0.3) is 5.91 Å². The molecule has 88 valence electrons. The number of nitrogens with zero attached hydrogens (tertiary/aromatic N) is 1. The highest BCUT2D eigenvalue weighted by molar-refractivity contribution is 7.12. The highest BCUT2D eigenvalue weighted by atomic mass is 32.1. The fraction of sp³-hybridized carbons (Fsp3) is 0.154. The molecule has 0 spiro atoms.